The van der Waals surface area contributed by atoms with Gasteiger partial charge in [-0.3, -0.25) is 9.59 Å². The van der Waals surface area contributed by atoms with Gasteiger partial charge in [0.05, 0.1) is 25.4 Å². The van der Waals surface area contributed by atoms with Crippen molar-refractivity contribution >= 4 is 28.3 Å². The van der Waals surface area contributed by atoms with Crippen LogP contribution < -0.4 is 5.32 Å². The maximum absolute atomic E-state index is 12.4. The highest BCUT2D eigenvalue weighted by molar-refractivity contribution is 7.14. The number of nitrogens with one attached hydrogen (secondary N) is 1. The maximum Gasteiger partial charge on any atom is 0.273 e. The van der Waals surface area contributed by atoms with Crippen LogP contribution in [0.25, 0.3) is 0 Å². The zero-order valence-electron chi connectivity index (χ0n) is 11.3. The van der Waals surface area contributed by atoms with Crippen LogP contribution in [0.3, 0.4) is 0 Å². The van der Waals surface area contributed by atoms with E-state index in [9.17, 15) is 9.59 Å². The molecule has 0 radical (unpaired) electrons. The first kappa shape index (κ1) is 14.9. The first-order valence-corrected chi connectivity index (χ1v) is 7.15. The maximum atomic E-state index is 12.4. The van der Waals surface area contributed by atoms with Crippen LogP contribution in [0.5, 0.6) is 0 Å². The molecule has 7 nitrogen and oxygen atoms in total. The average Bonchev–Trinajstić information content (AvgIpc) is 2.86. The third-order valence-corrected chi connectivity index (χ3v) is 3.73. The molecule has 1 fully saturated rings. The molecule has 1 aliphatic rings. The summed E-state index contributed by atoms with van der Waals surface area (Å²) in [4.78, 5) is 29.1. The van der Waals surface area contributed by atoms with Gasteiger partial charge in [0.2, 0.25) is 5.91 Å². The Bertz CT molecular complexity index is 505. The van der Waals surface area contributed by atoms with Crippen LogP contribution in [-0.4, -0.2) is 58.7 Å². The summed E-state index contributed by atoms with van der Waals surface area (Å²) in [5.41, 5.74) is 0.296. The lowest BCUT2D eigenvalue weighted by atomic mass is 10.2. The number of carbonyl (C=O) groups excluding carboxylic acids is 2. The minimum Gasteiger partial charge on any atom is -0.394 e. The second kappa shape index (κ2) is 6.29. The first-order chi connectivity index (χ1) is 9.51. The van der Waals surface area contributed by atoms with Gasteiger partial charge in [0.15, 0.2) is 5.13 Å². The van der Waals surface area contributed by atoms with Crippen molar-refractivity contribution in [2.45, 2.75) is 26.0 Å². The molecular formula is C12H17N3O4S. The zero-order chi connectivity index (χ0) is 14.7. The third kappa shape index (κ3) is 3.33. The molecule has 2 unspecified atom stereocenters. The Labute approximate surface area is 120 Å². The Morgan fingerprint density at radius 1 is 1.65 bits per heavy atom. The normalized spacial score (nSPS) is 22.6. The minimum absolute atomic E-state index is 0.0729. The van der Waals surface area contributed by atoms with Crippen LogP contribution in [-0.2, 0) is 9.53 Å². The van der Waals surface area contributed by atoms with Gasteiger partial charge < -0.3 is 20.1 Å². The number of ether oxygens (including phenoxy) is 1. The Balaban J connectivity index is 2.09. The van der Waals surface area contributed by atoms with E-state index in [4.69, 9.17) is 9.84 Å². The number of aliphatic hydroxyl groups excluding tert-OH is 1. The zero-order valence-corrected chi connectivity index (χ0v) is 12.1. The molecule has 0 aliphatic carbocycles. The van der Waals surface area contributed by atoms with Gasteiger partial charge >= 0.3 is 0 Å². The number of aromatic nitrogens is 1. The molecule has 1 aromatic rings. The molecule has 2 rings (SSSR count). The predicted molar refractivity (Wildman–Crippen MR) is 73.7 cm³/mol. The summed E-state index contributed by atoms with van der Waals surface area (Å²) in [5.74, 6) is -0.439. The fourth-order valence-corrected chi connectivity index (χ4v) is 2.67. The van der Waals surface area contributed by atoms with Crippen molar-refractivity contribution < 1.29 is 19.4 Å². The Morgan fingerprint density at radius 3 is 3.05 bits per heavy atom. The molecule has 1 aliphatic heterocycles. The van der Waals surface area contributed by atoms with E-state index < -0.39 is 0 Å². The minimum atomic E-state index is -0.358. The SMILES string of the molecule is CC(=O)Nc1nc(C(=O)N2CC(CO)OCC2C)cs1. The van der Waals surface area contributed by atoms with Crippen molar-refractivity contribution in [1.29, 1.82) is 0 Å². The van der Waals surface area contributed by atoms with E-state index in [-0.39, 0.29) is 30.6 Å². The molecule has 1 saturated heterocycles. The molecule has 8 heteroatoms. The van der Waals surface area contributed by atoms with Crippen molar-refractivity contribution in [3.05, 3.63) is 11.1 Å². The Kier molecular flexibility index (Phi) is 4.69. The number of hydrogen-bond acceptors (Lipinski definition) is 6. The molecule has 0 saturated carbocycles. The van der Waals surface area contributed by atoms with Crippen molar-refractivity contribution in [1.82, 2.24) is 9.88 Å². The smallest absolute Gasteiger partial charge is 0.273 e. The average molecular weight is 299 g/mol. The number of rotatable bonds is 3. The number of aliphatic hydroxyl groups is 1. The van der Waals surface area contributed by atoms with E-state index >= 15 is 0 Å². The number of thiazole rings is 1. The van der Waals surface area contributed by atoms with E-state index in [0.717, 1.165) is 0 Å². The molecule has 110 valence electrons. The van der Waals surface area contributed by atoms with Crippen molar-refractivity contribution in [2.24, 2.45) is 0 Å². The summed E-state index contributed by atoms with van der Waals surface area (Å²) in [6, 6.07) is -0.0729. The van der Waals surface area contributed by atoms with E-state index in [1.807, 2.05) is 6.92 Å². The Hall–Kier alpha value is -1.51. The summed E-state index contributed by atoms with van der Waals surface area (Å²) >= 11 is 1.21. The summed E-state index contributed by atoms with van der Waals surface area (Å²) in [6.45, 7) is 3.87. The van der Waals surface area contributed by atoms with Gasteiger partial charge in [0.25, 0.3) is 5.91 Å². The van der Waals surface area contributed by atoms with Crippen molar-refractivity contribution in [3.63, 3.8) is 0 Å². The Morgan fingerprint density at radius 2 is 2.40 bits per heavy atom. The van der Waals surface area contributed by atoms with Crippen molar-refractivity contribution in [3.8, 4) is 0 Å². The molecule has 0 spiro atoms. The molecular weight excluding hydrogens is 282 g/mol. The molecule has 2 heterocycles. The van der Waals surface area contributed by atoms with Crippen LogP contribution in [0.15, 0.2) is 5.38 Å². The molecule has 20 heavy (non-hydrogen) atoms. The van der Waals surface area contributed by atoms with Gasteiger partial charge in [0, 0.05) is 18.8 Å². The van der Waals surface area contributed by atoms with Gasteiger partial charge in [0.1, 0.15) is 5.69 Å². The molecule has 1 aromatic heterocycles. The highest BCUT2D eigenvalue weighted by Gasteiger charge is 2.31. The highest BCUT2D eigenvalue weighted by atomic mass is 32.1. The first-order valence-electron chi connectivity index (χ1n) is 6.27. The van der Waals surface area contributed by atoms with E-state index in [2.05, 4.69) is 10.3 Å². The summed E-state index contributed by atoms with van der Waals surface area (Å²) < 4.78 is 5.39. The number of hydrogen-bond donors (Lipinski definition) is 2. The van der Waals surface area contributed by atoms with Crippen LogP contribution in [0, 0.1) is 0 Å². The van der Waals surface area contributed by atoms with E-state index in [1.165, 1.54) is 18.3 Å². The van der Waals surface area contributed by atoms with Crippen LogP contribution >= 0.6 is 11.3 Å². The van der Waals surface area contributed by atoms with Gasteiger partial charge in [-0.2, -0.15) is 0 Å². The second-order valence-electron chi connectivity index (χ2n) is 4.66. The molecule has 0 aromatic carbocycles. The third-order valence-electron chi connectivity index (χ3n) is 2.98. The topological polar surface area (TPSA) is 91.8 Å². The molecule has 2 amide bonds. The standard InChI is InChI=1S/C12H17N3O4S/c1-7-5-19-9(4-16)3-15(7)11(18)10-6-20-12(14-10)13-8(2)17/h6-7,9,16H,3-5H2,1-2H3,(H,13,14,17). The molecule has 2 atom stereocenters. The van der Waals surface area contributed by atoms with Gasteiger partial charge in [-0.05, 0) is 6.92 Å². The summed E-state index contributed by atoms with van der Waals surface area (Å²) in [5, 5.41) is 13.7. The van der Waals surface area contributed by atoms with Gasteiger partial charge in [-0.1, -0.05) is 0 Å². The number of amides is 2. The lowest BCUT2D eigenvalue weighted by Gasteiger charge is -2.37. The number of nitrogens with zero attached hydrogens (tertiary/aromatic N) is 2. The summed E-state index contributed by atoms with van der Waals surface area (Å²) in [6.07, 6.45) is -0.358. The highest BCUT2D eigenvalue weighted by Crippen LogP contribution is 2.20. The van der Waals surface area contributed by atoms with Crippen LogP contribution in [0.2, 0.25) is 0 Å². The monoisotopic (exact) mass is 299 g/mol. The lowest BCUT2D eigenvalue weighted by Crippen LogP contribution is -2.52. The van der Waals surface area contributed by atoms with Crippen LogP contribution in [0.1, 0.15) is 24.3 Å². The molecule has 2 N–H and O–H groups in total. The number of anilines is 1. The molecule has 0 bridgehead atoms. The van der Waals surface area contributed by atoms with E-state index in [0.29, 0.717) is 24.0 Å². The quantitative estimate of drug-likeness (QED) is 0.839. The second-order valence-corrected chi connectivity index (χ2v) is 5.52. The van der Waals surface area contributed by atoms with Gasteiger partial charge in [-0.15, -0.1) is 11.3 Å². The largest absolute Gasteiger partial charge is 0.394 e. The fraction of sp³-hybridized carbons (Fsp3) is 0.583. The van der Waals surface area contributed by atoms with Gasteiger partial charge in [-0.25, -0.2) is 4.98 Å². The lowest BCUT2D eigenvalue weighted by molar-refractivity contribution is -0.114. The van der Waals surface area contributed by atoms with Crippen molar-refractivity contribution in [2.75, 3.05) is 25.1 Å². The van der Waals surface area contributed by atoms with Crippen LogP contribution in [0.4, 0.5) is 5.13 Å². The number of carbonyl (C=O) groups is 2. The predicted octanol–water partition coefficient (Wildman–Crippen LogP) is 0.323. The summed E-state index contributed by atoms with van der Waals surface area (Å²) in [7, 11) is 0. The number of morpholine rings is 1. The fourth-order valence-electron chi connectivity index (χ4n) is 1.94. The van der Waals surface area contributed by atoms with E-state index in [1.54, 1.807) is 10.3 Å².